The van der Waals surface area contributed by atoms with Gasteiger partial charge in [0.15, 0.2) is 0 Å². The van der Waals surface area contributed by atoms with Crippen LogP contribution < -0.4 is 5.32 Å². The standard InChI is InChI=1S/C15H13N3O3S/c1-9-16-6-10(22-9)7-17-13(19)8-18-14(20)11-4-2-3-5-12(11)15(18)21/h2-6H,7-8H2,1H3,(H,17,19). The summed E-state index contributed by atoms with van der Waals surface area (Å²) >= 11 is 1.49. The van der Waals surface area contributed by atoms with Gasteiger partial charge in [-0.05, 0) is 19.1 Å². The van der Waals surface area contributed by atoms with Crippen LogP contribution in [0.15, 0.2) is 30.5 Å². The van der Waals surface area contributed by atoms with Gasteiger partial charge in [-0.1, -0.05) is 12.1 Å². The largest absolute Gasteiger partial charge is 0.350 e. The van der Waals surface area contributed by atoms with Crippen molar-refractivity contribution in [1.82, 2.24) is 15.2 Å². The van der Waals surface area contributed by atoms with Crippen LogP contribution in [0.25, 0.3) is 0 Å². The van der Waals surface area contributed by atoms with Crippen LogP contribution in [0.2, 0.25) is 0 Å². The Morgan fingerprint density at radius 2 is 1.86 bits per heavy atom. The maximum absolute atomic E-state index is 12.1. The fourth-order valence-electron chi connectivity index (χ4n) is 2.25. The van der Waals surface area contributed by atoms with Gasteiger partial charge >= 0.3 is 0 Å². The number of carbonyl (C=O) groups excluding carboxylic acids is 3. The fraction of sp³-hybridized carbons (Fsp3) is 0.200. The number of rotatable bonds is 4. The lowest BCUT2D eigenvalue weighted by atomic mass is 10.1. The van der Waals surface area contributed by atoms with Crippen LogP contribution >= 0.6 is 11.3 Å². The van der Waals surface area contributed by atoms with E-state index in [0.29, 0.717) is 17.7 Å². The van der Waals surface area contributed by atoms with E-state index in [9.17, 15) is 14.4 Å². The predicted molar refractivity (Wildman–Crippen MR) is 80.5 cm³/mol. The molecule has 1 N–H and O–H groups in total. The lowest BCUT2D eigenvalue weighted by Gasteiger charge is -2.13. The molecule has 1 aliphatic heterocycles. The molecule has 2 heterocycles. The maximum atomic E-state index is 12.1. The van der Waals surface area contributed by atoms with E-state index in [2.05, 4.69) is 10.3 Å². The monoisotopic (exact) mass is 315 g/mol. The molecule has 7 heteroatoms. The zero-order valence-electron chi connectivity index (χ0n) is 11.8. The van der Waals surface area contributed by atoms with Crippen LogP contribution in [0.4, 0.5) is 0 Å². The molecule has 0 fully saturated rings. The molecule has 0 aliphatic carbocycles. The summed E-state index contributed by atoms with van der Waals surface area (Å²) in [6.07, 6.45) is 1.70. The molecule has 0 radical (unpaired) electrons. The number of benzene rings is 1. The van der Waals surface area contributed by atoms with Crippen LogP contribution in [0.5, 0.6) is 0 Å². The zero-order valence-corrected chi connectivity index (χ0v) is 12.6. The SMILES string of the molecule is Cc1ncc(CNC(=O)CN2C(=O)c3ccccc3C2=O)s1. The molecule has 2 aromatic rings. The summed E-state index contributed by atoms with van der Waals surface area (Å²) in [6.45, 7) is 1.95. The Balaban J connectivity index is 1.63. The zero-order chi connectivity index (χ0) is 15.7. The first-order valence-corrected chi connectivity index (χ1v) is 7.51. The smallest absolute Gasteiger partial charge is 0.262 e. The third kappa shape index (κ3) is 2.62. The molecule has 0 saturated carbocycles. The number of thiazole rings is 1. The first-order chi connectivity index (χ1) is 10.6. The first kappa shape index (κ1) is 14.4. The summed E-state index contributed by atoms with van der Waals surface area (Å²) in [4.78, 5) is 42.2. The summed E-state index contributed by atoms with van der Waals surface area (Å²) < 4.78 is 0. The summed E-state index contributed by atoms with van der Waals surface area (Å²) in [5.74, 6) is -1.23. The number of imide groups is 1. The van der Waals surface area contributed by atoms with Gasteiger partial charge in [0.05, 0.1) is 22.7 Å². The molecule has 112 valence electrons. The minimum absolute atomic E-state index is 0.274. The van der Waals surface area contributed by atoms with Crippen LogP contribution in [-0.2, 0) is 11.3 Å². The number of amides is 3. The van der Waals surface area contributed by atoms with Gasteiger partial charge in [0.1, 0.15) is 6.54 Å². The molecular weight excluding hydrogens is 302 g/mol. The summed E-state index contributed by atoms with van der Waals surface area (Å²) in [5, 5.41) is 3.61. The van der Waals surface area contributed by atoms with Crippen LogP contribution in [-0.4, -0.2) is 34.2 Å². The molecule has 0 spiro atoms. The number of nitrogens with one attached hydrogen (secondary N) is 1. The summed E-state index contributed by atoms with van der Waals surface area (Å²) in [6, 6.07) is 6.57. The van der Waals surface area contributed by atoms with Crippen LogP contribution in [0.3, 0.4) is 0 Å². The van der Waals surface area contributed by atoms with Crippen LogP contribution in [0, 0.1) is 6.92 Å². The lowest BCUT2D eigenvalue weighted by Crippen LogP contribution is -2.40. The molecule has 0 saturated heterocycles. The van der Waals surface area contributed by atoms with Crippen molar-refractivity contribution >= 4 is 29.1 Å². The number of aromatic nitrogens is 1. The molecule has 0 unspecified atom stereocenters. The molecular formula is C15H13N3O3S. The highest BCUT2D eigenvalue weighted by atomic mass is 32.1. The molecule has 3 rings (SSSR count). The van der Waals surface area contributed by atoms with Crippen molar-refractivity contribution in [3.05, 3.63) is 51.5 Å². The molecule has 1 aliphatic rings. The Bertz CT molecular complexity index is 734. The number of nitrogens with zero attached hydrogens (tertiary/aromatic N) is 2. The normalized spacial score (nSPS) is 13.4. The predicted octanol–water partition coefficient (Wildman–Crippen LogP) is 1.36. The number of hydrogen-bond acceptors (Lipinski definition) is 5. The summed E-state index contributed by atoms with van der Waals surface area (Å²) in [5.41, 5.74) is 0.691. The molecule has 1 aromatic carbocycles. The van der Waals surface area contributed by atoms with Gasteiger partial charge in [-0.3, -0.25) is 19.3 Å². The van der Waals surface area contributed by atoms with E-state index in [0.717, 1.165) is 14.8 Å². The van der Waals surface area contributed by atoms with E-state index in [1.54, 1.807) is 30.5 Å². The van der Waals surface area contributed by atoms with Gasteiger partial charge in [-0.15, -0.1) is 11.3 Å². The third-order valence-corrected chi connectivity index (χ3v) is 4.22. The molecule has 0 bridgehead atoms. The highest BCUT2D eigenvalue weighted by molar-refractivity contribution is 7.11. The Labute approximate surface area is 130 Å². The van der Waals surface area contributed by atoms with Gasteiger partial charge in [0.2, 0.25) is 5.91 Å². The first-order valence-electron chi connectivity index (χ1n) is 6.69. The minimum Gasteiger partial charge on any atom is -0.350 e. The molecule has 3 amide bonds. The highest BCUT2D eigenvalue weighted by Crippen LogP contribution is 2.21. The topological polar surface area (TPSA) is 79.4 Å². The van der Waals surface area contributed by atoms with Crippen molar-refractivity contribution in [3.63, 3.8) is 0 Å². The van der Waals surface area contributed by atoms with E-state index in [-0.39, 0.29) is 12.5 Å². The van der Waals surface area contributed by atoms with Crippen molar-refractivity contribution in [2.75, 3.05) is 6.54 Å². The maximum Gasteiger partial charge on any atom is 0.262 e. The number of fused-ring (bicyclic) bond motifs is 1. The van der Waals surface area contributed by atoms with E-state index in [4.69, 9.17) is 0 Å². The second-order valence-corrected chi connectivity index (χ2v) is 6.18. The van der Waals surface area contributed by atoms with Gasteiger partial charge in [0, 0.05) is 11.1 Å². The van der Waals surface area contributed by atoms with Gasteiger partial charge in [-0.25, -0.2) is 4.98 Å². The number of aryl methyl sites for hydroxylation is 1. The molecule has 0 atom stereocenters. The van der Waals surface area contributed by atoms with Gasteiger partial charge in [-0.2, -0.15) is 0 Å². The second kappa shape index (κ2) is 5.69. The van der Waals surface area contributed by atoms with Crippen LogP contribution in [0.1, 0.15) is 30.6 Å². The van der Waals surface area contributed by atoms with Gasteiger partial charge < -0.3 is 5.32 Å². The van der Waals surface area contributed by atoms with E-state index in [1.165, 1.54) is 11.3 Å². The fourth-order valence-corrected chi connectivity index (χ4v) is 2.99. The highest BCUT2D eigenvalue weighted by Gasteiger charge is 2.36. The Hall–Kier alpha value is -2.54. The molecule has 6 nitrogen and oxygen atoms in total. The number of carbonyl (C=O) groups is 3. The van der Waals surface area contributed by atoms with Crippen molar-refractivity contribution in [2.45, 2.75) is 13.5 Å². The van der Waals surface area contributed by atoms with Crippen molar-refractivity contribution in [2.24, 2.45) is 0 Å². The quantitative estimate of drug-likeness (QED) is 0.864. The minimum atomic E-state index is -0.426. The Morgan fingerprint density at radius 3 is 2.41 bits per heavy atom. The average Bonchev–Trinajstić information content (AvgIpc) is 3.03. The van der Waals surface area contributed by atoms with E-state index < -0.39 is 11.8 Å². The Kier molecular flexibility index (Phi) is 3.72. The van der Waals surface area contributed by atoms with Crippen molar-refractivity contribution in [3.8, 4) is 0 Å². The molecule has 22 heavy (non-hydrogen) atoms. The summed E-state index contributed by atoms with van der Waals surface area (Å²) in [7, 11) is 0. The van der Waals surface area contributed by atoms with Crippen molar-refractivity contribution < 1.29 is 14.4 Å². The third-order valence-electron chi connectivity index (χ3n) is 3.31. The Morgan fingerprint density at radius 1 is 1.23 bits per heavy atom. The van der Waals surface area contributed by atoms with Crippen molar-refractivity contribution in [1.29, 1.82) is 0 Å². The van der Waals surface area contributed by atoms with Gasteiger partial charge in [0.25, 0.3) is 11.8 Å². The number of hydrogen-bond donors (Lipinski definition) is 1. The molecule has 1 aromatic heterocycles. The second-order valence-electron chi connectivity index (χ2n) is 4.86. The van der Waals surface area contributed by atoms with E-state index >= 15 is 0 Å². The lowest BCUT2D eigenvalue weighted by molar-refractivity contribution is -0.121. The average molecular weight is 315 g/mol. The van der Waals surface area contributed by atoms with E-state index in [1.807, 2.05) is 6.92 Å².